The molecule has 216 valence electrons. The molecule has 3 heterocycles. The van der Waals surface area contributed by atoms with Gasteiger partial charge in [-0.05, 0) is 70.3 Å². The van der Waals surface area contributed by atoms with Crippen molar-refractivity contribution in [3.63, 3.8) is 0 Å². The molecule has 10 nitrogen and oxygen atoms in total. The highest BCUT2D eigenvalue weighted by Gasteiger charge is 2.45. The molecule has 1 aromatic carbocycles. The molecular formula is C28H36F2N6O4. The zero-order valence-corrected chi connectivity index (χ0v) is 22.9. The van der Waals surface area contributed by atoms with Gasteiger partial charge in [0.1, 0.15) is 12.1 Å². The van der Waals surface area contributed by atoms with Crippen LogP contribution in [0.4, 0.5) is 8.78 Å². The molecule has 3 aliphatic rings. The third-order valence-corrected chi connectivity index (χ3v) is 8.60. The number of nitrogens with zero attached hydrogens (tertiary/aromatic N) is 4. The fourth-order valence-corrected chi connectivity index (χ4v) is 6.14. The number of hydrogen-bond acceptors (Lipinski definition) is 8. The van der Waals surface area contributed by atoms with Crippen LogP contribution in [0.25, 0.3) is 0 Å². The van der Waals surface area contributed by atoms with Gasteiger partial charge in [0, 0.05) is 24.7 Å². The molecule has 0 bridgehead atoms. The molecule has 3 fully saturated rings. The number of halogens is 2. The molecule has 2 aromatic rings. The smallest absolute Gasteiger partial charge is 0.251 e. The van der Waals surface area contributed by atoms with Crippen molar-refractivity contribution in [3.05, 3.63) is 47.1 Å². The summed E-state index contributed by atoms with van der Waals surface area (Å²) in [7, 11) is 1.70. The predicted octanol–water partition coefficient (Wildman–Crippen LogP) is 2.60. The lowest BCUT2D eigenvalue weighted by Gasteiger charge is -2.44. The molecule has 1 saturated carbocycles. The molecule has 3 unspecified atom stereocenters. The second-order valence-electron chi connectivity index (χ2n) is 11.1. The molecule has 0 radical (unpaired) electrons. The molecule has 4 atom stereocenters. The lowest BCUT2D eigenvalue weighted by atomic mass is 9.82. The van der Waals surface area contributed by atoms with E-state index in [0.29, 0.717) is 13.1 Å². The summed E-state index contributed by atoms with van der Waals surface area (Å²) < 4.78 is 32.6. The van der Waals surface area contributed by atoms with Gasteiger partial charge in [0.05, 0.1) is 6.04 Å². The van der Waals surface area contributed by atoms with Crippen LogP contribution in [0.5, 0.6) is 0 Å². The lowest BCUT2D eigenvalue weighted by molar-refractivity contribution is -0.145. The first kappa shape index (κ1) is 28.3. The summed E-state index contributed by atoms with van der Waals surface area (Å²) in [5, 5.41) is 9.79. The van der Waals surface area contributed by atoms with Gasteiger partial charge in [-0.3, -0.25) is 19.3 Å². The molecule has 2 saturated heterocycles. The minimum absolute atomic E-state index is 0.0183. The number of amides is 2. The highest BCUT2D eigenvalue weighted by atomic mass is 19.2. The molecule has 2 aliphatic heterocycles. The highest BCUT2D eigenvalue weighted by Crippen LogP contribution is 2.35. The van der Waals surface area contributed by atoms with E-state index >= 15 is 0 Å². The average Bonchev–Trinajstić information content (AvgIpc) is 3.65. The molecule has 2 N–H and O–H groups in total. The minimum Gasteiger partial charge on any atom is -0.343 e. The first-order chi connectivity index (χ1) is 19.3. The topological polar surface area (TPSA) is 121 Å². The van der Waals surface area contributed by atoms with Crippen molar-refractivity contribution in [2.75, 3.05) is 26.7 Å². The van der Waals surface area contributed by atoms with Gasteiger partial charge in [0.15, 0.2) is 11.6 Å². The standard InChI is InChI=1S/C28H36F2N6O4/c1-16(31-2)26(38)32-23(17-7-4-3-5-8-17)28(39)36-14-19-9-6-12-35(19)15-22(36)27-33-25(34-40-27)24(37)18-10-11-20(29)21(30)13-18/h10-11,13,16-17,19,22-23,31H,3-9,12,14-15H2,1-2H3,(H,32,38)/t16-,19?,22?,23?/m0/s1. The maximum Gasteiger partial charge on any atom is 0.251 e. The number of ketones is 1. The number of carbonyl (C=O) groups is 3. The fraction of sp³-hybridized carbons (Fsp3) is 0.607. The lowest BCUT2D eigenvalue weighted by Crippen LogP contribution is -2.61. The van der Waals surface area contributed by atoms with Crippen LogP contribution >= 0.6 is 0 Å². The third kappa shape index (κ3) is 5.78. The van der Waals surface area contributed by atoms with Gasteiger partial charge >= 0.3 is 0 Å². The summed E-state index contributed by atoms with van der Waals surface area (Å²) in [6, 6.07) is 1.24. The molecule has 1 aromatic heterocycles. The first-order valence-electron chi connectivity index (χ1n) is 14.1. The van der Waals surface area contributed by atoms with Gasteiger partial charge < -0.3 is 20.1 Å². The Labute approximate surface area is 231 Å². The highest BCUT2D eigenvalue weighted by molar-refractivity contribution is 6.06. The normalized spacial score (nSPS) is 23.4. The van der Waals surface area contributed by atoms with E-state index in [-0.39, 0.29) is 41.1 Å². The number of fused-ring (bicyclic) bond motifs is 1. The second kappa shape index (κ2) is 12.1. The Kier molecular flexibility index (Phi) is 8.55. The molecule has 12 heteroatoms. The minimum atomic E-state index is -1.15. The van der Waals surface area contributed by atoms with Crippen molar-refractivity contribution in [1.82, 2.24) is 30.6 Å². The third-order valence-electron chi connectivity index (χ3n) is 8.60. The predicted molar refractivity (Wildman–Crippen MR) is 140 cm³/mol. The van der Waals surface area contributed by atoms with E-state index < -0.39 is 35.5 Å². The summed E-state index contributed by atoms with van der Waals surface area (Å²) in [6.45, 7) is 3.52. The van der Waals surface area contributed by atoms with Gasteiger partial charge in [-0.15, -0.1) is 0 Å². The quantitative estimate of drug-likeness (QED) is 0.475. The van der Waals surface area contributed by atoms with E-state index in [2.05, 4.69) is 25.7 Å². The Balaban J connectivity index is 1.43. The van der Waals surface area contributed by atoms with E-state index in [9.17, 15) is 23.2 Å². The van der Waals surface area contributed by atoms with Crippen molar-refractivity contribution in [2.24, 2.45) is 5.92 Å². The van der Waals surface area contributed by atoms with Crippen molar-refractivity contribution in [1.29, 1.82) is 0 Å². The summed E-state index contributed by atoms with van der Waals surface area (Å²) in [4.78, 5) is 48.5. The van der Waals surface area contributed by atoms with Gasteiger partial charge in [-0.2, -0.15) is 4.98 Å². The van der Waals surface area contributed by atoms with E-state index in [4.69, 9.17) is 4.52 Å². The number of aromatic nitrogens is 2. The summed E-state index contributed by atoms with van der Waals surface area (Å²) in [5.74, 6) is -3.53. The maximum absolute atomic E-state index is 14.3. The largest absolute Gasteiger partial charge is 0.343 e. The summed E-state index contributed by atoms with van der Waals surface area (Å²) in [5.41, 5.74) is -0.110. The number of hydrogen-bond donors (Lipinski definition) is 2. The van der Waals surface area contributed by atoms with Gasteiger partial charge in [0.25, 0.3) is 5.89 Å². The van der Waals surface area contributed by atoms with Crippen molar-refractivity contribution in [3.8, 4) is 0 Å². The van der Waals surface area contributed by atoms with E-state index in [0.717, 1.165) is 69.7 Å². The first-order valence-corrected chi connectivity index (χ1v) is 14.1. The van der Waals surface area contributed by atoms with Crippen molar-refractivity contribution < 1.29 is 27.7 Å². The van der Waals surface area contributed by atoms with Crippen LogP contribution in [0.1, 0.15) is 80.0 Å². The second-order valence-corrected chi connectivity index (χ2v) is 11.1. The molecule has 2 amide bonds. The SMILES string of the molecule is CN[C@@H](C)C(=O)NC(C(=O)N1CC2CCCN2CC1c1nc(C(=O)c2ccc(F)c(F)c2)no1)C1CCCCC1. The Morgan fingerprint density at radius 3 is 2.55 bits per heavy atom. The number of nitrogens with one attached hydrogen (secondary N) is 2. The van der Waals surface area contributed by atoms with Crippen LogP contribution in [0.15, 0.2) is 22.7 Å². The van der Waals surface area contributed by atoms with E-state index in [1.54, 1.807) is 18.9 Å². The summed E-state index contributed by atoms with van der Waals surface area (Å²) in [6.07, 6.45) is 6.79. The molecule has 0 spiro atoms. The van der Waals surface area contributed by atoms with Crippen LogP contribution in [0.3, 0.4) is 0 Å². The Bertz CT molecular complexity index is 1250. The summed E-state index contributed by atoms with van der Waals surface area (Å²) >= 11 is 0. The number of likely N-dealkylation sites (N-methyl/N-ethyl adjacent to an activating group) is 1. The molecular weight excluding hydrogens is 522 g/mol. The zero-order valence-electron chi connectivity index (χ0n) is 22.9. The fourth-order valence-electron chi connectivity index (χ4n) is 6.14. The molecule has 5 rings (SSSR count). The number of rotatable bonds is 8. The maximum atomic E-state index is 14.3. The van der Waals surface area contributed by atoms with Crippen LogP contribution in [-0.4, -0.2) is 82.3 Å². The Morgan fingerprint density at radius 2 is 1.82 bits per heavy atom. The Hall–Kier alpha value is -3.25. The van der Waals surface area contributed by atoms with Crippen LogP contribution < -0.4 is 10.6 Å². The van der Waals surface area contributed by atoms with Crippen LogP contribution in [0, 0.1) is 17.6 Å². The monoisotopic (exact) mass is 558 g/mol. The van der Waals surface area contributed by atoms with Crippen molar-refractivity contribution in [2.45, 2.75) is 76.0 Å². The van der Waals surface area contributed by atoms with Crippen LogP contribution in [0.2, 0.25) is 0 Å². The van der Waals surface area contributed by atoms with E-state index in [1.165, 1.54) is 0 Å². The van der Waals surface area contributed by atoms with Gasteiger partial charge in [0.2, 0.25) is 23.4 Å². The number of benzene rings is 1. The molecule has 1 aliphatic carbocycles. The zero-order chi connectivity index (χ0) is 28.4. The number of carbonyl (C=O) groups excluding carboxylic acids is 3. The van der Waals surface area contributed by atoms with Gasteiger partial charge in [-0.25, -0.2) is 8.78 Å². The van der Waals surface area contributed by atoms with Crippen LogP contribution in [-0.2, 0) is 9.59 Å². The molecule has 40 heavy (non-hydrogen) atoms. The van der Waals surface area contributed by atoms with E-state index in [1.807, 2.05) is 0 Å². The average molecular weight is 559 g/mol. The van der Waals surface area contributed by atoms with Gasteiger partial charge in [-0.1, -0.05) is 24.4 Å². The number of piperazine rings is 1. The Morgan fingerprint density at radius 1 is 1.05 bits per heavy atom. The van der Waals surface area contributed by atoms with Crippen molar-refractivity contribution >= 4 is 17.6 Å².